The van der Waals surface area contributed by atoms with Crippen LogP contribution in [0.2, 0.25) is 0 Å². The summed E-state index contributed by atoms with van der Waals surface area (Å²) in [5.41, 5.74) is 0. The summed E-state index contributed by atoms with van der Waals surface area (Å²) in [7, 11) is 0. The third kappa shape index (κ3) is 25.9. The topological polar surface area (TPSA) is 79.2 Å². The highest BCUT2D eigenvalue weighted by Gasteiger charge is 2.35. The maximum Gasteiger partial charge on any atom is 0.184 e. The first-order valence-corrected chi connectivity index (χ1v) is 19.7. The second kappa shape index (κ2) is 30.2. The van der Waals surface area contributed by atoms with Crippen LogP contribution in [0.5, 0.6) is 0 Å². The van der Waals surface area contributed by atoms with E-state index in [1.54, 1.807) is 0 Å². The molecule has 1 rings (SSSR count). The highest BCUT2D eigenvalue weighted by molar-refractivity contribution is 4.78. The van der Waals surface area contributed by atoms with E-state index in [2.05, 4.69) is 6.92 Å². The maximum absolute atomic E-state index is 10.1. The summed E-state index contributed by atoms with van der Waals surface area (Å²) in [5.74, 6) is 0. The van der Waals surface area contributed by atoms with E-state index >= 15 is 0 Å². The zero-order valence-corrected chi connectivity index (χ0v) is 29.8. The fraction of sp³-hybridized carbons (Fsp3) is 1.00. The van der Waals surface area contributed by atoms with Crippen LogP contribution < -0.4 is 0 Å². The molecule has 1 heterocycles. The Bertz CT molecular complexity index is 585. The second-order valence-electron chi connectivity index (χ2n) is 14.5. The van der Waals surface area contributed by atoms with Gasteiger partial charge in [-0.1, -0.05) is 173 Å². The molecule has 1 saturated heterocycles. The normalized spacial score (nSPS) is 22.0. The predicted octanol–water partition coefficient (Wildman–Crippen LogP) is 10.9. The molecule has 2 unspecified atom stereocenters. The van der Waals surface area contributed by atoms with E-state index in [1.165, 1.54) is 167 Å². The average molecular weight is 627 g/mol. The molecule has 0 aromatic rings. The lowest BCUT2D eigenvalue weighted by Gasteiger charge is -2.36. The minimum absolute atomic E-state index is 0.0753. The van der Waals surface area contributed by atoms with Crippen molar-refractivity contribution >= 4 is 0 Å². The molecule has 264 valence electrons. The van der Waals surface area contributed by atoms with Gasteiger partial charge in [-0.2, -0.15) is 0 Å². The van der Waals surface area contributed by atoms with Crippen molar-refractivity contribution in [3.8, 4) is 0 Å². The van der Waals surface area contributed by atoms with Crippen LogP contribution in [0.15, 0.2) is 0 Å². The zero-order chi connectivity index (χ0) is 32.1. The van der Waals surface area contributed by atoms with E-state index in [0.717, 1.165) is 19.3 Å². The molecule has 0 amide bonds. The molecule has 0 bridgehead atoms. The first kappa shape index (κ1) is 41.8. The number of hydrogen-bond acceptors (Lipinski definition) is 5. The Kier molecular flexibility index (Phi) is 28.7. The fourth-order valence-electron chi connectivity index (χ4n) is 6.65. The smallest absolute Gasteiger partial charge is 0.184 e. The van der Waals surface area contributed by atoms with Gasteiger partial charge in [-0.05, 0) is 33.6 Å². The van der Waals surface area contributed by atoms with E-state index in [1.807, 2.05) is 13.8 Å². The molecule has 1 aliphatic rings. The van der Waals surface area contributed by atoms with Gasteiger partial charge in [0.2, 0.25) is 0 Å². The molecule has 0 spiro atoms. The molecular formula is C39H78O5. The molecule has 0 aliphatic carbocycles. The van der Waals surface area contributed by atoms with Gasteiger partial charge in [-0.25, -0.2) is 0 Å². The van der Waals surface area contributed by atoms with Crippen LogP contribution in [-0.2, 0) is 9.47 Å². The summed E-state index contributed by atoms with van der Waals surface area (Å²) in [6, 6.07) is 0. The van der Waals surface area contributed by atoms with Crippen LogP contribution in [0.25, 0.3) is 0 Å². The van der Waals surface area contributed by atoms with Crippen LogP contribution in [-0.4, -0.2) is 52.1 Å². The maximum atomic E-state index is 10.1. The highest BCUT2D eigenvalue weighted by atomic mass is 16.7. The third-order valence-electron chi connectivity index (χ3n) is 9.79. The minimum atomic E-state index is -0.738. The van der Waals surface area contributed by atoms with Gasteiger partial charge in [-0.15, -0.1) is 0 Å². The Morgan fingerprint density at radius 2 is 0.795 bits per heavy atom. The van der Waals surface area contributed by atoms with Crippen molar-refractivity contribution in [2.45, 2.75) is 250 Å². The van der Waals surface area contributed by atoms with Crippen LogP contribution in [0.3, 0.4) is 0 Å². The number of hydrogen-bond donors (Lipinski definition) is 3. The summed E-state index contributed by atoms with van der Waals surface area (Å²) >= 11 is 0. The standard InChI is InChI=1S/C39H78O5/c1-34(40)31-29-27-25-23-21-19-17-15-13-11-9-7-5-4-6-8-10-12-14-16-18-20-22-24-26-28-30-32-35(2)43-39-38(42)33-37(41)36(3)44-39/h34-42H,4-33H2,1-3H3/t34?,35?,36-,37+,38+,39+/m0/s1. The Balaban J connectivity index is 1.69. The van der Waals surface area contributed by atoms with Gasteiger partial charge in [0.1, 0.15) is 6.10 Å². The number of aliphatic hydroxyl groups excluding tert-OH is 3. The molecule has 44 heavy (non-hydrogen) atoms. The highest BCUT2D eigenvalue weighted by Crippen LogP contribution is 2.23. The number of unbranched alkanes of at least 4 members (excludes halogenated alkanes) is 26. The lowest BCUT2D eigenvalue weighted by atomic mass is 10.0. The Morgan fingerprint density at radius 3 is 1.11 bits per heavy atom. The second-order valence-corrected chi connectivity index (χ2v) is 14.5. The van der Waals surface area contributed by atoms with Crippen molar-refractivity contribution in [3.63, 3.8) is 0 Å². The third-order valence-corrected chi connectivity index (χ3v) is 9.79. The molecule has 0 aromatic heterocycles. The number of rotatable bonds is 32. The molecule has 0 aromatic carbocycles. The summed E-state index contributed by atoms with van der Waals surface area (Å²) in [6.07, 6.45) is 37.6. The van der Waals surface area contributed by atoms with Crippen LogP contribution in [0.4, 0.5) is 0 Å². The van der Waals surface area contributed by atoms with Gasteiger partial charge < -0.3 is 24.8 Å². The van der Waals surface area contributed by atoms with E-state index in [0.29, 0.717) is 6.42 Å². The summed E-state index contributed by atoms with van der Waals surface area (Å²) < 4.78 is 11.5. The van der Waals surface area contributed by atoms with E-state index in [9.17, 15) is 15.3 Å². The van der Waals surface area contributed by atoms with Crippen LogP contribution >= 0.6 is 0 Å². The molecule has 1 aliphatic heterocycles. The molecule has 1 fully saturated rings. The lowest BCUT2D eigenvalue weighted by Crippen LogP contribution is -2.48. The average Bonchev–Trinajstić information content (AvgIpc) is 2.99. The van der Waals surface area contributed by atoms with Gasteiger partial charge in [0.05, 0.1) is 24.4 Å². The van der Waals surface area contributed by atoms with Gasteiger partial charge in [0.25, 0.3) is 0 Å². The molecule has 5 nitrogen and oxygen atoms in total. The monoisotopic (exact) mass is 627 g/mol. The van der Waals surface area contributed by atoms with Gasteiger partial charge >= 0.3 is 0 Å². The SMILES string of the molecule is CC(O)CCCCCCCCCCCCCCCCCCCCCCCCCCCCCC(C)O[C@@H]1O[C@@H](C)[C@H](O)C[C@H]1O. The Labute approximate surface area is 274 Å². The van der Waals surface area contributed by atoms with Crippen molar-refractivity contribution < 1.29 is 24.8 Å². The molecular weight excluding hydrogens is 548 g/mol. The largest absolute Gasteiger partial charge is 0.393 e. The first-order chi connectivity index (χ1) is 21.4. The van der Waals surface area contributed by atoms with E-state index < -0.39 is 18.5 Å². The Hall–Kier alpha value is -0.200. The zero-order valence-electron chi connectivity index (χ0n) is 29.8. The summed E-state index contributed by atoms with van der Waals surface area (Å²) in [6.45, 7) is 5.79. The lowest BCUT2D eigenvalue weighted by molar-refractivity contribution is -0.273. The van der Waals surface area contributed by atoms with E-state index in [4.69, 9.17) is 9.47 Å². The van der Waals surface area contributed by atoms with Gasteiger partial charge in [-0.3, -0.25) is 0 Å². The Morgan fingerprint density at radius 1 is 0.500 bits per heavy atom. The summed E-state index contributed by atoms with van der Waals surface area (Å²) in [4.78, 5) is 0. The number of aliphatic hydroxyl groups is 3. The predicted molar refractivity (Wildman–Crippen MR) is 187 cm³/mol. The van der Waals surface area contributed by atoms with Gasteiger partial charge in [0.15, 0.2) is 6.29 Å². The fourth-order valence-corrected chi connectivity index (χ4v) is 6.65. The molecule has 0 saturated carbocycles. The van der Waals surface area contributed by atoms with Crippen LogP contribution in [0.1, 0.15) is 213 Å². The van der Waals surface area contributed by atoms with Crippen molar-refractivity contribution in [3.05, 3.63) is 0 Å². The van der Waals surface area contributed by atoms with Crippen molar-refractivity contribution in [2.75, 3.05) is 0 Å². The van der Waals surface area contributed by atoms with Crippen LogP contribution in [0, 0.1) is 0 Å². The van der Waals surface area contributed by atoms with Gasteiger partial charge in [0, 0.05) is 6.42 Å². The van der Waals surface area contributed by atoms with Crippen molar-refractivity contribution in [2.24, 2.45) is 0 Å². The molecule has 6 atom stereocenters. The molecule has 5 heteroatoms. The van der Waals surface area contributed by atoms with Crippen molar-refractivity contribution in [1.29, 1.82) is 0 Å². The summed E-state index contributed by atoms with van der Waals surface area (Å²) in [5, 5.41) is 29.1. The molecule has 0 radical (unpaired) electrons. The van der Waals surface area contributed by atoms with E-state index in [-0.39, 0.29) is 18.3 Å². The van der Waals surface area contributed by atoms with Crippen molar-refractivity contribution in [1.82, 2.24) is 0 Å². The minimum Gasteiger partial charge on any atom is -0.393 e. The number of ether oxygens (including phenoxy) is 2. The quantitative estimate of drug-likeness (QED) is 0.0647. The molecule has 3 N–H and O–H groups in total. The first-order valence-electron chi connectivity index (χ1n) is 19.7.